The van der Waals surface area contributed by atoms with Crippen LogP contribution in [0.1, 0.15) is 28.0 Å². The van der Waals surface area contributed by atoms with Crippen molar-refractivity contribution in [3.05, 3.63) is 22.9 Å². The second-order valence-electron chi connectivity index (χ2n) is 2.70. The van der Waals surface area contributed by atoms with Crippen LogP contribution in [0.25, 0.3) is 0 Å². The third-order valence-corrected chi connectivity index (χ3v) is 2.01. The molecule has 1 heterocycles. The van der Waals surface area contributed by atoms with Crippen LogP contribution in [0.2, 0.25) is 0 Å². The lowest BCUT2D eigenvalue weighted by Crippen LogP contribution is -2.09. The quantitative estimate of drug-likeness (QED) is 0.788. The molecule has 0 aromatic carbocycles. The van der Waals surface area contributed by atoms with E-state index in [0.717, 1.165) is 6.07 Å². The number of pyridine rings is 1. The SMILES string of the molecule is Nc1nc(CCl)c(C(F)F)cc1C(=O)O. The van der Waals surface area contributed by atoms with Gasteiger partial charge in [0.1, 0.15) is 11.4 Å². The van der Waals surface area contributed by atoms with Crippen molar-refractivity contribution in [1.29, 1.82) is 0 Å². The van der Waals surface area contributed by atoms with E-state index in [4.69, 9.17) is 22.4 Å². The van der Waals surface area contributed by atoms with Gasteiger partial charge in [0.15, 0.2) is 0 Å². The van der Waals surface area contributed by atoms with Crippen LogP contribution in [0.5, 0.6) is 0 Å². The Kier molecular flexibility index (Phi) is 3.41. The maximum absolute atomic E-state index is 12.5. The summed E-state index contributed by atoms with van der Waals surface area (Å²) in [5, 5.41) is 8.64. The number of rotatable bonds is 3. The summed E-state index contributed by atoms with van der Waals surface area (Å²) in [6.45, 7) is 0. The number of anilines is 1. The number of hydrogen-bond acceptors (Lipinski definition) is 3. The van der Waals surface area contributed by atoms with Crippen LogP contribution in [0.4, 0.5) is 14.6 Å². The van der Waals surface area contributed by atoms with Crippen LogP contribution in [-0.4, -0.2) is 16.1 Å². The van der Waals surface area contributed by atoms with Crippen molar-refractivity contribution >= 4 is 23.4 Å². The summed E-state index contributed by atoms with van der Waals surface area (Å²) in [5.41, 5.74) is 4.22. The molecule has 0 aliphatic rings. The minimum atomic E-state index is -2.83. The molecule has 7 heteroatoms. The fourth-order valence-electron chi connectivity index (χ4n) is 1.05. The molecule has 0 fully saturated rings. The number of nitrogen functional groups attached to an aromatic ring is 1. The molecule has 0 amide bonds. The number of carbonyl (C=O) groups is 1. The molecule has 0 saturated heterocycles. The highest BCUT2D eigenvalue weighted by Gasteiger charge is 2.19. The number of nitrogens with zero attached hydrogens (tertiary/aromatic N) is 1. The van der Waals surface area contributed by atoms with E-state index < -0.39 is 23.5 Å². The maximum atomic E-state index is 12.5. The molecule has 3 N–H and O–H groups in total. The first-order valence-corrected chi connectivity index (χ1v) is 4.37. The maximum Gasteiger partial charge on any atom is 0.339 e. The average Bonchev–Trinajstić information content (AvgIpc) is 2.16. The minimum absolute atomic E-state index is 0.103. The third kappa shape index (κ3) is 2.33. The molecule has 1 rings (SSSR count). The second kappa shape index (κ2) is 4.39. The molecular weight excluding hydrogens is 230 g/mol. The molecule has 4 nitrogen and oxygen atoms in total. The van der Waals surface area contributed by atoms with Gasteiger partial charge in [-0.05, 0) is 6.07 Å². The van der Waals surface area contributed by atoms with Gasteiger partial charge in [-0.1, -0.05) is 0 Å². The molecule has 0 atom stereocenters. The van der Waals surface area contributed by atoms with Crippen LogP contribution < -0.4 is 5.73 Å². The highest BCUT2D eigenvalue weighted by Crippen LogP contribution is 2.26. The number of carboxylic acid groups (broad SMARTS) is 1. The van der Waals surface area contributed by atoms with Gasteiger partial charge in [-0.25, -0.2) is 18.6 Å². The van der Waals surface area contributed by atoms with Gasteiger partial charge in [0.25, 0.3) is 6.43 Å². The Morgan fingerprint density at radius 2 is 2.27 bits per heavy atom. The lowest BCUT2D eigenvalue weighted by molar-refractivity contribution is 0.0697. The summed E-state index contributed by atoms with van der Waals surface area (Å²) < 4.78 is 24.9. The van der Waals surface area contributed by atoms with Crippen molar-refractivity contribution in [2.75, 3.05) is 5.73 Å². The molecule has 0 aliphatic heterocycles. The van der Waals surface area contributed by atoms with E-state index in [1.54, 1.807) is 0 Å². The van der Waals surface area contributed by atoms with Gasteiger partial charge in [-0.3, -0.25) is 0 Å². The summed E-state index contributed by atoms with van der Waals surface area (Å²) in [5.74, 6) is -1.96. The van der Waals surface area contributed by atoms with Gasteiger partial charge in [0.2, 0.25) is 0 Å². The van der Waals surface area contributed by atoms with Gasteiger partial charge >= 0.3 is 5.97 Å². The molecular formula is C8H7ClF2N2O2. The number of hydrogen-bond donors (Lipinski definition) is 2. The van der Waals surface area contributed by atoms with Crippen LogP contribution in [-0.2, 0) is 5.88 Å². The predicted octanol–water partition coefficient (Wildman–Crippen LogP) is 2.04. The lowest BCUT2D eigenvalue weighted by atomic mass is 10.1. The Balaban J connectivity index is 3.37. The van der Waals surface area contributed by atoms with Gasteiger partial charge < -0.3 is 10.8 Å². The fourth-order valence-corrected chi connectivity index (χ4v) is 1.26. The van der Waals surface area contributed by atoms with E-state index in [-0.39, 0.29) is 17.4 Å². The smallest absolute Gasteiger partial charge is 0.339 e. The third-order valence-electron chi connectivity index (χ3n) is 1.76. The van der Waals surface area contributed by atoms with Crippen LogP contribution in [0, 0.1) is 0 Å². The van der Waals surface area contributed by atoms with Crippen molar-refractivity contribution < 1.29 is 18.7 Å². The first kappa shape index (κ1) is 11.6. The minimum Gasteiger partial charge on any atom is -0.478 e. The van der Waals surface area contributed by atoms with Crippen molar-refractivity contribution in [3.63, 3.8) is 0 Å². The zero-order valence-corrected chi connectivity index (χ0v) is 8.13. The average molecular weight is 237 g/mol. The van der Waals surface area contributed by atoms with E-state index in [9.17, 15) is 13.6 Å². The van der Waals surface area contributed by atoms with E-state index in [2.05, 4.69) is 4.98 Å². The van der Waals surface area contributed by atoms with Crippen molar-refractivity contribution in [2.45, 2.75) is 12.3 Å². The molecule has 0 unspecified atom stereocenters. The lowest BCUT2D eigenvalue weighted by Gasteiger charge is -2.08. The summed E-state index contributed by atoms with van der Waals surface area (Å²) >= 11 is 5.38. The van der Waals surface area contributed by atoms with Crippen molar-refractivity contribution in [2.24, 2.45) is 0 Å². The molecule has 15 heavy (non-hydrogen) atoms. The topological polar surface area (TPSA) is 76.2 Å². The number of nitrogens with two attached hydrogens (primary N) is 1. The van der Waals surface area contributed by atoms with Gasteiger partial charge in [0.05, 0.1) is 11.6 Å². The Morgan fingerprint density at radius 3 is 2.67 bits per heavy atom. The standard InChI is InChI=1S/C8H7ClF2N2O2/c9-2-5-3(6(10)11)1-4(8(14)15)7(12)13-5/h1,6H,2H2,(H2,12,13)(H,14,15). The van der Waals surface area contributed by atoms with Gasteiger partial charge in [-0.2, -0.15) is 0 Å². The summed E-state index contributed by atoms with van der Waals surface area (Å²) in [7, 11) is 0. The molecule has 1 aromatic heterocycles. The van der Waals surface area contributed by atoms with E-state index in [1.807, 2.05) is 0 Å². The molecule has 0 saturated carbocycles. The largest absolute Gasteiger partial charge is 0.478 e. The van der Waals surface area contributed by atoms with Gasteiger partial charge in [0, 0.05) is 5.56 Å². The van der Waals surface area contributed by atoms with Gasteiger partial charge in [-0.15, -0.1) is 11.6 Å². The normalized spacial score (nSPS) is 10.7. The van der Waals surface area contributed by atoms with Crippen LogP contribution >= 0.6 is 11.6 Å². The summed E-state index contributed by atoms with van der Waals surface area (Å²) in [4.78, 5) is 14.1. The van der Waals surface area contributed by atoms with Crippen molar-refractivity contribution in [3.8, 4) is 0 Å². The van der Waals surface area contributed by atoms with E-state index >= 15 is 0 Å². The zero-order chi connectivity index (χ0) is 11.6. The predicted molar refractivity (Wildman–Crippen MR) is 50.1 cm³/mol. The molecule has 0 radical (unpaired) electrons. The summed E-state index contributed by atoms with van der Waals surface area (Å²) in [6.07, 6.45) is -2.83. The Bertz CT molecular complexity index is 398. The fraction of sp³-hybridized carbons (Fsp3) is 0.250. The van der Waals surface area contributed by atoms with E-state index in [0.29, 0.717) is 0 Å². The van der Waals surface area contributed by atoms with Crippen LogP contribution in [0.15, 0.2) is 6.07 Å². The zero-order valence-electron chi connectivity index (χ0n) is 7.38. The molecule has 0 spiro atoms. The van der Waals surface area contributed by atoms with Crippen molar-refractivity contribution in [1.82, 2.24) is 4.98 Å². The molecule has 0 aliphatic carbocycles. The number of aromatic nitrogens is 1. The number of carboxylic acids is 1. The monoisotopic (exact) mass is 236 g/mol. The highest BCUT2D eigenvalue weighted by atomic mass is 35.5. The number of aromatic carboxylic acids is 1. The van der Waals surface area contributed by atoms with Crippen LogP contribution in [0.3, 0.4) is 0 Å². The molecule has 0 bridgehead atoms. The number of alkyl halides is 3. The molecule has 1 aromatic rings. The second-order valence-corrected chi connectivity index (χ2v) is 2.96. The molecule has 82 valence electrons. The Hall–Kier alpha value is -1.43. The highest BCUT2D eigenvalue weighted by molar-refractivity contribution is 6.17. The van der Waals surface area contributed by atoms with E-state index in [1.165, 1.54) is 0 Å². The number of halogens is 3. The summed E-state index contributed by atoms with van der Waals surface area (Å²) in [6, 6.07) is 0.799. The Labute approximate surface area is 88.7 Å². The first-order chi connectivity index (χ1) is 6.97. The Morgan fingerprint density at radius 1 is 1.67 bits per heavy atom. The first-order valence-electron chi connectivity index (χ1n) is 3.84.